The third-order valence-corrected chi connectivity index (χ3v) is 7.12. The first-order valence-corrected chi connectivity index (χ1v) is 10.8. The number of benzene rings is 2. The molecule has 1 N–H and O–H groups in total. The SMILES string of the molecule is COc1ccc(NC(C/C=C/CC2C3CCC(C3)C2C)c2ccccc2)cc1. The summed E-state index contributed by atoms with van der Waals surface area (Å²) in [5.74, 6) is 4.73. The van der Waals surface area contributed by atoms with E-state index in [2.05, 4.69) is 66.9 Å². The van der Waals surface area contributed by atoms with Crippen molar-refractivity contribution >= 4 is 5.69 Å². The molecule has 2 bridgehead atoms. The van der Waals surface area contributed by atoms with Crippen molar-refractivity contribution < 1.29 is 4.74 Å². The standard InChI is InChI=1S/C26H33NO/c1-19-21-12-13-22(18-21)25(19)10-6-7-11-26(20-8-4-3-5-9-20)27-23-14-16-24(28-2)17-15-23/h3-9,14-17,19,21-22,25-27H,10-13,18H2,1-2H3/b7-6+. The van der Waals surface area contributed by atoms with Crippen LogP contribution in [0.5, 0.6) is 5.75 Å². The second-order valence-corrected chi connectivity index (χ2v) is 8.64. The van der Waals surface area contributed by atoms with Crippen molar-refractivity contribution in [1.82, 2.24) is 0 Å². The first-order valence-electron chi connectivity index (χ1n) is 10.8. The molecule has 0 saturated heterocycles. The highest BCUT2D eigenvalue weighted by molar-refractivity contribution is 5.48. The van der Waals surface area contributed by atoms with Crippen LogP contribution in [0.3, 0.4) is 0 Å². The topological polar surface area (TPSA) is 21.3 Å². The number of allylic oxidation sites excluding steroid dienone is 1. The molecule has 0 aliphatic heterocycles. The zero-order valence-corrected chi connectivity index (χ0v) is 17.2. The minimum Gasteiger partial charge on any atom is -0.497 e. The Morgan fingerprint density at radius 1 is 1.00 bits per heavy atom. The van der Waals surface area contributed by atoms with Gasteiger partial charge in [-0.1, -0.05) is 49.4 Å². The Morgan fingerprint density at radius 3 is 2.43 bits per heavy atom. The van der Waals surface area contributed by atoms with Crippen LogP contribution >= 0.6 is 0 Å². The number of methoxy groups -OCH3 is 1. The minimum absolute atomic E-state index is 0.281. The number of nitrogens with one attached hydrogen (secondary N) is 1. The molecule has 2 saturated carbocycles. The number of hydrogen-bond acceptors (Lipinski definition) is 2. The molecule has 28 heavy (non-hydrogen) atoms. The average Bonchev–Trinajstić information content (AvgIpc) is 3.33. The van der Waals surface area contributed by atoms with Crippen LogP contribution in [0.1, 0.15) is 50.6 Å². The lowest BCUT2D eigenvalue weighted by molar-refractivity contribution is 0.241. The van der Waals surface area contributed by atoms with Gasteiger partial charge in [0.15, 0.2) is 0 Å². The summed E-state index contributed by atoms with van der Waals surface area (Å²) in [7, 11) is 1.71. The first kappa shape index (κ1) is 19.1. The molecule has 5 atom stereocenters. The highest BCUT2D eigenvalue weighted by Gasteiger charge is 2.44. The maximum atomic E-state index is 5.28. The lowest BCUT2D eigenvalue weighted by Crippen LogP contribution is -2.19. The zero-order chi connectivity index (χ0) is 19.3. The van der Waals surface area contributed by atoms with Crippen molar-refractivity contribution in [3.63, 3.8) is 0 Å². The normalized spacial score (nSPS) is 27.2. The van der Waals surface area contributed by atoms with Crippen LogP contribution in [-0.4, -0.2) is 7.11 Å². The molecule has 0 radical (unpaired) electrons. The number of ether oxygens (including phenoxy) is 1. The van der Waals surface area contributed by atoms with Gasteiger partial charge in [-0.05, 0) is 85.6 Å². The lowest BCUT2D eigenvalue weighted by Gasteiger charge is -2.27. The van der Waals surface area contributed by atoms with Gasteiger partial charge in [0, 0.05) is 5.69 Å². The molecule has 2 nitrogen and oxygen atoms in total. The second-order valence-electron chi connectivity index (χ2n) is 8.64. The maximum absolute atomic E-state index is 5.28. The molecule has 148 valence electrons. The van der Waals surface area contributed by atoms with E-state index >= 15 is 0 Å². The predicted molar refractivity (Wildman–Crippen MR) is 118 cm³/mol. The molecule has 4 rings (SSSR count). The van der Waals surface area contributed by atoms with Gasteiger partial charge in [0.05, 0.1) is 13.2 Å². The van der Waals surface area contributed by atoms with E-state index in [0.717, 1.165) is 41.5 Å². The molecule has 0 heterocycles. The number of rotatable bonds is 8. The summed E-state index contributed by atoms with van der Waals surface area (Å²) >= 11 is 0. The van der Waals surface area contributed by atoms with E-state index in [1.54, 1.807) is 7.11 Å². The molecule has 2 fully saturated rings. The fourth-order valence-electron chi connectivity index (χ4n) is 5.44. The van der Waals surface area contributed by atoms with E-state index in [4.69, 9.17) is 4.74 Å². The van der Waals surface area contributed by atoms with Gasteiger partial charge in [-0.3, -0.25) is 0 Å². The van der Waals surface area contributed by atoms with E-state index in [1.165, 1.54) is 31.2 Å². The van der Waals surface area contributed by atoms with Gasteiger partial charge in [-0.2, -0.15) is 0 Å². The average molecular weight is 376 g/mol. The number of fused-ring (bicyclic) bond motifs is 2. The van der Waals surface area contributed by atoms with Gasteiger partial charge < -0.3 is 10.1 Å². The summed E-state index contributed by atoms with van der Waals surface area (Å²) in [6.07, 6.45) is 11.6. The van der Waals surface area contributed by atoms with Crippen molar-refractivity contribution in [1.29, 1.82) is 0 Å². The smallest absolute Gasteiger partial charge is 0.119 e. The zero-order valence-electron chi connectivity index (χ0n) is 17.2. The quantitative estimate of drug-likeness (QED) is 0.508. The first-order chi connectivity index (χ1) is 13.7. The van der Waals surface area contributed by atoms with Gasteiger partial charge in [-0.15, -0.1) is 0 Å². The van der Waals surface area contributed by atoms with Crippen LogP contribution in [-0.2, 0) is 0 Å². The molecular formula is C26H33NO. The summed E-state index contributed by atoms with van der Waals surface area (Å²) in [6.45, 7) is 2.49. The Hall–Kier alpha value is -2.22. The molecule has 2 heteroatoms. The van der Waals surface area contributed by atoms with Crippen LogP contribution < -0.4 is 10.1 Å². The molecular weight excluding hydrogens is 342 g/mol. The Morgan fingerprint density at radius 2 is 1.75 bits per heavy atom. The molecule has 2 aliphatic carbocycles. The highest BCUT2D eigenvalue weighted by atomic mass is 16.5. The van der Waals surface area contributed by atoms with Crippen LogP contribution in [0.25, 0.3) is 0 Å². The Balaban J connectivity index is 1.39. The third-order valence-electron chi connectivity index (χ3n) is 7.12. The summed E-state index contributed by atoms with van der Waals surface area (Å²) in [5.41, 5.74) is 2.46. The van der Waals surface area contributed by atoms with Crippen LogP contribution in [0, 0.1) is 23.7 Å². The molecule has 2 aliphatic rings. The van der Waals surface area contributed by atoms with Gasteiger partial charge in [0.2, 0.25) is 0 Å². The van der Waals surface area contributed by atoms with Crippen LogP contribution in [0.4, 0.5) is 5.69 Å². The maximum Gasteiger partial charge on any atom is 0.119 e. The second kappa shape index (κ2) is 8.86. The monoisotopic (exact) mass is 375 g/mol. The van der Waals surface area contributed by atoms with Gasteiger partial charge >= 0.3 is 0 Å². The summed E-state index contributed by atoms with van der Waals surface area (Å²) in [5, 5.41) is 3.70. The van der Waals surface area contributed by atoms with Crippen LogP contribution in [0.2, 0.25) is 0 Å². The minimum atomic E-state index is 0.281. The van der Waals surface area contributed by atoms with Crippen molar-refractivity contribution in [3.05, 3.63) is 72.3 Å². The van der Waals surface area contributed by atoms with Crippen LogP contribution in [0.15, 0.2) is 66.7 Å². The van der Waals surface area contributed by atoms with Crippen molar-refractivity contribution in [2.24, 2.45) is 23.7 Å². The van der Waals surface area contributed by atoms with Gasteiger partial charge in [0.1, 0.15) is 5.75 Å². The number of hydrogen-bond donors (Lipinski definition) is 1. The fraction of sp³-hybridized carbons (Fsp3) is 0.462. The Kier molecular flexibility index (Phi) is 6.04. The Bertz CT molecular complexity index is 765. The van der Waals surface area contributed by atoms with Crippen molar-refractivity contribution in [2.75, 3.05) is 12.4 Å². The van der Waals surface area contributed by atoms with Gasteiger partial charge in [-0.25, -0.2) is 0 Å². The van der Waals surface area contributed by atoms with Gasteiger partial charge in [0.25, 0.3) is 0 Å². The third kappa shape index (κ3) is 4.27. The van der Waals surface area contributed by atoms with Crippen molar-refractivity contribution in [2.45, 2.75) is 45.1 Å². The molecule has 2 aromatic rings. The van der Waals surface area contributed by atoms with E-state index < -0.39 is 0 Å². The lowest BCUT2D eigenvalue weighted by atomic mass is 9.78. The summed E-state index contributed by atoms with van der Waals surface area (Å²) in [6, 6.07) is 19.2. The van der Waals surface area contributed by atoms with Crippen molar-refractivity contribution in [3.8, 4) is 5.75 Å². The largest absolute Gasteiger partial charge is 0.497 e. The van der Waals surface area contributed by atoms with E-state index in [-0.39, 0.29) is 6.04 Å². The van der Waals surface area contributed by atoms with E-state index in [1.807, 2.05) is 12.1 Å². The van der Waals surface area contributed by atoms with E-state index in [9.17, 15) is 0 Å². The fourth-order valence-corrected chi connectivity index (χ4v) is 5.44. The molecule has 0 aromatic heterocycles. The summed E-state index contributed by atoms with van der Waals surface area (Å²) < 4.78 is 5.28. The molecule has 0 spiro atoms. The molecule has 5 unspecified atom stereocenters. The highest BCUT2D eigenvalue weighted by Crippen LogP contribution is 2.53. The molecule has 0 amide bonds. The molecule has 2 aromatic carbocycles. The van der Waals surface area contributed by atoms with E-state index in [0.29, 0.717) is 0 Å². The predicted octanol–water partition coefficient (Wildman–Crippen LogP) is 6.87. The Labute approximate surface area is 170 Å². The number of anilines is 1. The summed E-state index contributed by atoms with van der Waals surface area (Å²) in [4.78, 5) is 0.